The largest absolute Gasteiger partial charge is 0.307 e. The van der Waals surface area contributed by atoms with E-state index < -0.39 is 0 Å². The molecule has 4 nitrogen and oxygen atoms in total. The number of fused-ring (bicyclic) bond motifs is 1. The number of aromatic nitrogens is 3. The van der Waals surface area contributed by atoms with Crippen LogP contribution in [-0.2, 0) is 5.54 Å². The fourth-order valence-electron chi connectivity index (χ4n) is 1.45. The Morgan fingerprint density at radius 1 is 1.29 bits per heavy atom. The first-order valence-electron chi connectivity index (χ1n) is 4.55. The van der Waals surface area contributed by atoms with Crippen LogP contribution in [0.3, 0.4) is 0 Å². The molecule has 0 bridgehead atoms. The van der Waals surface area contributed by atoms with Crippen LogP contribution in [0.5, 0.6) is 0 Å². The SMILES string of the molecule is CC(C)(C)n1ccn2nccc2c1=O. The second-order valence-corrected chi connectivity index (χ2v) is 4.31. The zero-order chi connectivity index (χ0) is 10.3. The molecule has 4 heteroatoms. The van der Waals surface area contributed by atoms with Crippen LogP contribution in [0.4, 0.5) is 0 Å². The van der Waals surface area contributed by atoms with E-state index in [4.69, 9.17) is 0 Å². The van der Waals surface area contributed by atoms with Gasteiger partial charge < -0.3 is 4.57 Å². The Bertz CT molecular complexity index is 516. The standard InChI is InChI=1S/C10H13N3O/c1-10(2,3)12-6-7-13-8(9(12)14)4-5-11-13/h4-7H,1-3H3. The molecule has 0 amide bonds. The molecule has 0 aliphatic rings. The van der Waals surface area contributed by atoms with Crippen molar-refractivity contribution >= 4 is 5.52 Å². The lowest BCUT2D eigenvalue weighted by Crippen LogP contribution is -2.34. The van der Waals surface area contributed by atoms with Crippen molar-refractivity contribution < 1.29 is 0 Å². The van der Waals surface area contributed by atoms with Gasteiger partial charge in [0.25, 0.3) is 5.56 Å². The van der Waals surface area contributed by atoms with Gasteiger partial charge in [0.2, 0.25) is 0 Å². The number of hydrogen-bond acceptors (Lipinski definition) is 2. The van der Waals surface area contributed by atoms with E-state index in [0.29, 0.717) is 5.52 Å². The topological polar surface area (TPSA) is 39.3 Å². The summed E-state index contributed by atoms with van der Waals surface area (Å²) in [5.74, 6) is 0. The normalized spacial score (nSPS) is 12.2. The van der Waals surface area contributed by atoms with Crippen molar-refractivity contribution in [2.75, 3.05) is 0 Å². The molecule has 0 saturated heterocycles. The average Bonchev–Trinajstić information content (AvgIpc) is 2.50. The van der Waals surface area contributed by atoms with E-state index in [0.717, 1.165) is 0 Å². The first-order chi connectivity index (χ1) is 6.50. The molecule has 2 aromatic rings. The van der Waals surface area contributed by atoms with Gasteiger partial charge in [0.1, 0.15) is 5.52 Å². The molecule has 0 aliphatic heterocycles. The van der Waals surface area contributed by atoms with Crippen LogP contribution in [-0.4, -0.2) is 14.2 Å². The Balaban J connectivity index is 2.81. The Hall–Kier alpha value is -1.58. The van der Waals surface area contributed by atoms with Crippen molar-refractivity contribution in [3.8, 4) is 0 Å². The smallest absolute Gasteiger partial charge is 0.277 e. The predicted molar refractivity (Wildman–Crippen MR) is 54.4 cm³/mol. The highest BCUT2D eigenvalue weighted by molar-refractivity contribution is 5.42. The minimum absolute atomic E-state index is 0.00231. The predicted octanol–water partition coefficient (Wildman–Crippen LogP) is 1.25. The van der Waals surface area contributed by atoms with Crippen molar-refractivity contribution in [3.05, 3.63) is 35.0 Å². The maximum absolute atomic E-state index is 11.9. The third-order valence-corrected chi connectivity index (χ3v) is 2.19. The maximum atomic E-state index is 11.9. The molecule has 2 heterocycles. The summed E-state index contributed by atoms with van der Waals surface area (Å²) in [5, 5.41) is 4.01. The molecule has 0 aliphatic carbocycles. The quantitative estimate of drug-likeness (QED) is 0.628. The molecule has 0 spiro atoms. The number of rotatable bonds is 0. The lowest BCUT2D eigenvalue weighted by Gasteiger charge is -2.21. The Labute approximate surface area is 81.8 Å². The summed E-state index contributed by atoms with van der Waals surface area (Å²) in [6, 6.07) is 1.73. The number of hydrogen-bond donors (Lipinski definition) is 0. The van der Waals surface area contributed by atoms with Crippen molar-refractivity contribution in [1.29, 1.82) is 0 Å². The molecule has 0 aromatic carbocycles. The molecule has 0 fully saturated rings. The highest BCUT2D eigenvalue weighted by Crippen LogP contribution is 2.10. The highest BCUT2D eigenvalue weighted by Gasteiger charge is 2.15. The van der Waals surface area contributed by atoms with Gasteiger partial charge in [-0.15, -0.1) is 0 Å². The maximum Gasteiger partial charge on any atom is 0.277 e. The first-order valence-corrected chi connectivity index (χ1v) is 4.55. The van der Waals surface area contributed by atoms with Gasteiger partial charge in [-0.25, -0.2) is 4.52 Å². The molecule has 0 N–H and O–H groups in total. The summed E-state index contributed by atoms with van der Waals surface area (Å²) in [6.07, 6.45) is 5.19. The lowest BCUT2D eigenvalue weighted by molar-refractivity contribution is 0.383. The fraction of sp³-hybridized carbons (Fsp3) is 0.400. The van der Waals surface area contributed by atoms with E-state index in [2.05, 4.69) is 5.10 Å². The molecule has 14 heavy (non-hydrogen) atoms. The molecular weight excluding hydrogens is 178 g/mol. The minimum Gasteiger partial charge on any atom is -0.307 e. The molecular formula is C10H13N3O. The zero-order valence-corrected chi connectivity index (χ0v) is 8.56. The Morgan fingerprint density at radius 2 is 2.00 bits per heavy atom. The molecule has 0 radical (unpaired) electrons. The van der Waals surface area contributed by atoms with E-state index in [-0.39, 0.29) is 11.1 Å². The summed E-state index contributed by atoms with van der Waals surface area (Å²) in [4.78, 5) is 11.9. The molecule has 74 valence electrons. The van der Waals surface area contributed by atoms with Crippen LogP contribution in [0.1, 0.15) is 20.8 Å². The highest BCUT2D eigenvalue weighted by atomic mass is 16.1. The fourth-order valence-corrected chi connectivity index (χ4v) is 1.45. The second-order valence-electron chi connectivity index (χ2n) is 4.31. The molecule has 2 aromatic heterocycles. The Kier molecular flexibility index (Phi) is 1.74. The van der Waals surface area contributed by atoms with Gasteiger partial charge in [-0.3, -0.25) is 4.79 Å². The zero-order valence-electron chi connectivity index (χ0n) is 8.56. The Morgan fingerprint density at radius 3 is 2.64 bits per heavy atom. The summed E-state index contributed by atoms with van der Waals surface area (Å²) >= 11 is 0. The molecule has 0 atom stereocenters. The van der Waals surface area contributed by atoms with Gasteiger partial charge in [-0.05, 0) is 26.8 Å². The van der Waals surface area contributed by atoms with Crippen LogP contribution in [0, 0.1) is 0 Å². The van der Waals surface area contributed by atoms with Gasteiger partial charge in [0, 0.05) is 17.9 Å². The summed E-state index contributed by atoms with van der Waals surface area (Å²) in [7, 11) is 0. The first kappa shape index (κ1) is 8.99. The lowest BCUT2D eigenvalue weighted by atomic mass is 10.1. The third-order valence-electron chi connectivity index (χ3n) is 2.19. The molecule has 2 rings (SSSR count). The third kappa shape index (κ3) is 1.23. The minimum atomic E-state index is -0.191. The second kappa shape index (κ2) is 2.70. The van der Waals surface area contributed by atoms with E-state index in [1.54, 1.807) is 33.7 Å². The molecule has 0 unspecified atom stereocenters. The van der Waals surface area contributed by atoms with Crippen molar-refractivity contribution in [3.63, 3.8) is 0 Å². The van der Waals surface area contributed by atoms with Gasteiger partial charge >= 0.3 is 0 Å². The number of nitrogens with zero attached hydrogens (tertiary/aromatic N) is 3. The van der Waals surface area contributed by atoms with E-state index >= 15 is 0 Å². The van der Waals surface area contributed by atoms with Crippen LogP contribution >= 0.6 is 0 Å². The monoisotopic (exact) mass is 191 g/mol. The van der Waals surface area contributed by atoms with Gasteiger partial charge in [0.05, 0.1) is 6.20 Å². The van der Waals surface area contributed by atoms with E-state index in [1.807, 2.05) is 20.8 Å². The summed E-state index contributed by atoms with van der Waals surface area (Å²) < 4.78 is 3.30. The van der Waals surface area contributed by atoms with Crippen LogP contribution in [0.25, 0.3) is 5.52 Å². The van der Waals surface area contributed by atoms with Crippen molar-refractivity contribution in [2.45, 2.75) is 26.3 Å². The van der Waals surface area contributed by atoms with Gasteiger partial charge in [0.15, 0.2) is 0 Å². The van der Waals surface area contributed by atoms with E-state index in [9.17, 15) is 4.79 Å². The van der Waals surface area contributed by atoms with Crippen molar-refractivity contribution in [2.24, 2.45) is 0 Å². The van der Waals surface area contributed by atoms with Gasteiger partial charge in [-0.2, -0.15) is 5.10 Å². The average molecular weight is 191 g/mol. The molecule has 0 saturated carbocycles. The van der Waals surface area contributed by atoms with Crippen LogP contribution in [0.2, 0.25) is 0 Å². The van der Waals surface area contributed by atoms with Crippen LogP contribution in [0.15, 0.2) is 29.5 Å². The van der Waals surface area contributed by atoms with Crippen LogP contribution < -0.4 is 5.56 Å². The summed E-state index contributed by atoms with van der Waals surface area (Å²) in [6.45, 7) is 6.00. The summed E-state index contributed by atoms with van der Waals surface area (Å²) in [5.41, 5.74) is 0.420. The van der Waals surface area contributed by atoms with Crippen molar-refractivity contribution in [1.82, 2.24) is 14.2 Å². The van der Waals surface area contributed by atoms with E-state index in [1.165, 1.54) is 0 Å². The van der Waals surface area contributed by atoms with Gasteiger partial charge in [-0.1, -0.05) is 0 Å².